The summed E-state index contributed by atoms with van der Waals surface area (Å²) in [6.45, 7) is 5.91. The number of carbonyl (C=O) groups excluding carboxylic acids is 1. The van der Waals surface area contributed by atoms with Gasteiger partial charge in [0.25, 0.3) is 5.91 Å². The summed E-state index contributed by atoms with van der Waals surface area (Å²) in [5.41, 5.74) is 6.81. The zero-order valence-corrected chi connectivity index (χ0v) is 12.0. The van der Waals surface area contributed by atoms with Gasteiger partial charge in [0.05, 0.1) is 0 Å². The minimum Gasteiger partial charge on any atom is -0.451 e. The van der Waals surface area contributed by atoms with Crippen molar-refractivity contribution in [3.05, 3.63) is 34.5 Å². The van der Waals surface area contributed by atoms with Crippen molar-refractivity contribution in [1.82, 2.24) is 5.32 Å². The molecular formula is C14H17ClN2O2. The van der Waals surface area contributed by atoms with Crippen LogP contribution in [0.2, 0.25) is 5.02 Å². The van der Waals surface area contributed by atoms with Crippen LogP contribution in [0.1, 0.15) is 30.0 Å². The monoisotopic (exact) mass is 280 g/mol. The highest BCUT2D eigenvalue weighted by Crippen LogP contribution is 2.27. The SMILES string of the molecule is Cc1c(C(=O)NCC(C)(C)N)oc2ccc(Cl)cc12. The molecule has 4 nitrogen and oxygen atoms in total. The lowest BCUT2D eigenvalue weighted by Gasteiger charge is -2.18. The number of amides is 1. The van der Waals surface area contributed by atoms with Gasteiger partial charge in [-0.15, -0.1) is 0 Å². The third-order valence-corrected chi connectivity index (χ3v) is 3.04. The fraction of sp³-hybridized carbons (Fsp3) is 0.357. The number of halogens is 1. The van der Waals surface area contributed by atoms with Gasteiger partial charge in [-0.25, -0.2) is 0 Å². The Morgan fingerprint density at radius 1 is 1.47 bits per heavy atom. The summed E-state index contributed by atoms with van der Waals surface area (Å²) in [6.07, 6.45) is 0. The smallest absolute Gasteiger partial charge is 0.287 e. The van der Waals surface area contributed by atoms with E-state index in [2.05, 4.69) is 5.32 Å². The lowest BCUT2D eigenvalue weighted by Crippen LogP contribution is -2.45. The quantitative estimate of drug-likeness (QED) is 0.908. The van der Waals surface area contributed by atoms with Crippen LogP contribution in [0.5, 0.6) is 0 Å². The molecule has 19 heavy (non-hydrogen) atoms. The van der Waals surface area contributed by atoms with Gasteiger partial charge in [-0.05, 0) is 39.0 Å². The van der Waals surface area contributed by atoms with E-state index in [4.69, 9.17) is 21.8 Å². The van der Waals surface area contributed by atoms with E-state index in [1.54, 1.807) is 18.2 Å². The van der Waals surface area contributed by atoms with Gasteiger partial charge in [-0.3, -0.25) is 4.79 Å². The van der Waals surface area contributed by atoms with Crippen LogP contribution in [-0.2, 0) is 0 Å². The van der Waals surface area contributed by atoms with Crippen molar-refractivity contribution in [2.45, 2.75) is 26.3 Å². The van der Waals surface area contributed by atoms with E-state index >= 15 is 0 Å². The lowest BCUT2D eigenvalue weighted by atomic mass is 10.1. The lowest BCUT2D eigenvalue weighted by molar-refractivity contribution is 0.0919. The molecule has 0 spiro atoms. The summed E-state index contributed by atoms with van der Waals surface area (Å²) in [5, 5.41) is 4.23. The second-order valence-electron chi connectivity index (χ2n) is 5.37. The number of nitrogens with one attached hydrogen (secondary N) is 1. The van der Waals surface area contributed by atoms with Crippen molar-refractivity contribution >= 4 is 28.5 Å². The molecular weight excluding hydrogens is 264 g/mol. The molecule has 0 atom stereocenters. The molecule has 1 heterocycles. The number of fused-ring (bicyclic) bond motifs is 1. The van der Waals surface area contributed by atoms with Crippen LogP contribution >= 0.6 is 11.6 Å². The number of aryl methyl sites for hydroxylation is 1. The molecule has 0 radical (unpaired) electrons. The van der Waals surface area contributed by atoms with Crippen LogP contribution in [0, 0.1) is 6.92 Å². The molecule has 2 rings (SSSR count). The predicted octanol–water partition coefficient (Wildman–Crippen LogP) is 2.86. The van der Waals surface area contributed by atoms with Crippen molar-refractivity contribution in [3.8, 4) is 0 Å². The molecule has 102 valence electrons. The predicted molar refractivity (Wildman–Crippen MR) is 76.6 cm³/mol. The Bertz CT molecular complexity index is 626. The Morgan fingerprint density at radius 2 is 2.16 bits per heavy atom. The minimum atomic E-state index is -0.459. The summed E-state index contributed by atoms with van der Waals surface area (Å²) in [4.78, 5) is 12.1. The topological polar surface area (TPSA) is 68.3 Å². The van der Waals surface area contributed by atoms with Crippen molar-refractivity contribution in [3.63, 3.8) is 0 Å². The Hall–Kier alpha value is -1.52. The molecule has 1 aromatic heterocycles. The highest BCUT2D eigenvalue weighted by Gasteiger charge is 2.19. The van der Waals surface area contributed by atoms with E-state index in [9.17, 15) is 4.79 Å². The molecule has 0 fully saturated rings. The largest absolute Gasteiger partial charge is 0.451 e. The Morgan fingerprint density at radius 3 is 2.79 bits per heavy atom. The van der Waals surface area contributed by atoms with E-state index in [1.807, 2.05) is 20.8 Å². The van der Waals surface area contributed by atoms with E-state index in [0.717, 1.165) is 10.9 Å². The number of hydrogen-bond acceptors (Lipinski definition) is 3. The summed E-state index contributed by atoms with van der Waals surface area (Å²) in [6, 6.07) is 5.28. The van der Waals surface area contributed by atoms with Crippen LogP contribution < -0.4 is 11.1 Å². The number of furan rings is 1. The standard InChI is InChI=1S/C14H17ClN2O2/c1-8-10-6-9(15)4-5-11(10)19-12(8)13(18)17-7-14(2,3)16/h4-6H,7,16H2,1-3H3,(H,17,18). The molecule has 5 heteroatoms. The van der Waals surface area contributed by atoms with Gasteiger partial charge in [0.1, 0.15) is 5.58 Å². The van der Waals surface area contributed by atoms with Crippen LogP contribution in [0.15, 0.2) is 22.6 Å². The Labute approximate surface area is 116 Å². The van der Waals surface area contributed by atoms with Crippen molar-refractivity contribution < 1.29 is 9.21 Å². The second kappa shape index (κ2) is 4.87. The molecule has 3 N–H and O–H groups in total. The Balaban J connectivity index is 2.30. The van der Waals surface area contributed by atoms with Crippen LogP contribution in [0.25, 0.3) is 11.0 Å². The highest BCUT2D eigenvalue weighted by molar-refractivity contribution is 6.31. The second-order valence-corrected chi connectivity index (χ2v) is 5.80. The highest BCUT2D eigenvalue weighted by atomic mass is 35.5. The summed E-state index contributed by atoms with van der Waals surface area (Å²) in [5.74, 6) is 0.0462. The number of hydrogen-bond donors (Lipinski definition) is 2. The number of nitrogens with two attached hydrogens (primary N) is 1. The van der Waals surface area contributed by atoms with Gasteiger partial charge in [0.15, 0.2) is 5.76 Å². The fourth-order valence-electron chi connectivity index (χ4n) is 1.80. The first-order valence-electron chi connectivity index (χ1n) is 6.04. The average molecular weight is 281 g/mol. The third kappa shape index (κ3) is 3.08. The van der Waals surface area contributed by atoms with E-state index < -0.39 is 5.54 Å². The van der Waals surface area contributed by atoms with E-state index in [0.29, 0.717) is 22.9 Å². The Kier molecular flexibility index (Phi) is 3.56. The summed E-state index contributed by atoms with van der Waals surface area (Å²) >= 11 is 5.94. The normalized spacial score (nSPS) is 11.8. The number of carbonyl (C=O) groups is 1. The molecule has 0 bridgehead atoms. The maximum atomic E-state index is 12.1. The molecule has 2 aromatic rings. The van der Waals surface area contributed by atoms with E-state index in [1.165, 1.54) is 0 Å². The first kappa shape index (κ1) is 13.9. The van der Waals surface area contributed by atoms with E-state index in [-0.39, 0.29) is 5.91 Å². The van der Waals surface area contributed by atoms with Crippen molar-refractivity contribution in [2.75, 3.05) is 6.54 Å². The summed E-state index contributed by atoms with van der Waals surface area (Å²) < 4.78 is 5.57. The van der Waals surface area contributed by atoms with Gasteiger partial charge in [-0.2, -0.15) is 0 Å². The molecule has 1 aromatic carbocycles. The molecule has 0 unspecified atom stereocenters. The fourth-order valence-corrected chi connectivity index (χ4v) is 1.97. The van der Waals surface area contributed by atoms with Crippen LogP contribution in [0.4, 0.5) is 0 Å². The van der Waals surface area contributed by atoms with Gasteiger partial charge >= 0.3 is 0 Å². The van der Waals surface area contributed by atoms with Gasteiger partial charge < -0.3 is 15.5 Å². The molecule has 0 aliphatic heterocycles. The number of benzene rings is 1. The zero-order chi connectivity index (χ0) is 14.2. The average Bonchev–Trinajstić information content (AvgIpc) is 2.63. The molecule has 0 saturated heterocycles. The maximum absolute atomic E-state index is 12.1. The maximum Gasteiger partial charge on any atom is 0.287 e. The molecule has 0 saturated carbocycles. The van der Waals surface area contributed by atoms with Gasteiger partial charge in [0, 0.05) is 28.1 Å². The van der Waals surface area contributed by atoms with Gasteiger partial charge in [0.2, 0.25) is 0 Å². The summed E-state index contributed by atoms with van der Waals surface area (Å²) in [7, 11) is 0. The molecule has 1 amide bonds. The molecule has 0 aliphatic rings. The minimum absolute atomic E-state index is 0.261. The van der Waals surface area contributed by atoms with Crippen molar-refractivity contribution in [2.24, 2.45) is 5.73 Å². The molecule has 0 aliphatic carbocycles. The number of rotatable bonds is 3. The van der Waals surface area contributed by atoms with Crippen molar-refractivity contribution in [1.29, 1.82) is 0 Å². The third-order valence-electron chi connectivity index (χ3n) is 2.81. The first-order chi connectivity index (χ1) is 8.78. The first-order valence-corrected chi connectivity index (χ1v) is 6.41. The van der Waals surface area contributed by atoms with Gasteiger partial charge in [-0.1, -0.05) is 11.6 Å². The zero-order valence-electron chi connectivity index (χ0n) is 11.2. The van der Waals surface area contributed by atoms with Crippen LogP contribution in [0.3, 0.4) is 0 Å². The van der Waals surface area contributed by atoms with Crippen LogP contribution in [-0.4, -0.2) is 18.0 Å².